The molecule has 50 heavy (non-hydrogen) atoms. The number of carbonyl (C=O) groups is 2. The highest BCUT2D eigenvalue weighted by Gasteiger charge is 2.51. The Morgan fingerprint density at radius 2 is 1.64 bits per heavy atom. The highest BCUT2D eigenvalue weighted by molar-refractivity contribution is 5.95. The number of nitrogens with zero attached hydrogens (tertiary/aromatic N) is 5. The first kappa shape index (κ1) is 34.6. The van der Waals surface area contributed by atoms with Crippen LogP contribution >= 0.6 is 0 Å². The van der Waals surface area contributed by atoms with E-state index in [1.165, 1.54) is 11.1 Å². The molecule has 3 aromatic rings. The molecule has 1 aliphatic heterocycles. The fourth-order valence-corrected chi connectivity index (χ4v) is 9.06. The van der Waals surface area contributed by atoms with Crippen LogP contribution in [0.3, 0.4) is 0 Å². The summed E-state index contributed by atoms with van der Waals surface area (Å²) < 4.78 is 13.4. The van der Waals surface area contributed by atoms with Gasteiger partial charge in [0.1, 0.15) is 11.9 Å². The van der Waals surface area contributed by atoms with E-state index < -0.39 is 0 Å². The molecule has 2 amide bonds. The Bertz CT molecular complexity index is 1690. The zero-order valence-corrected chi connectivity index (χ0v) is 30.9. The summed E-state index contributed by atoms with van der Waals surface area (Å²) in [7, 11) is 1.74. The number of fused-ring (bicyclic) bond motifs is 3. The van der Waals surface area contributed by atoms with Gasteiger partial charge in [0.2, 0.25) is 5.91 Å². The Labute approximate surface area is 297 Å². The van der Waals surface area contributed by atoms with Crippen molar-refractivity contribution in [2.24, 2.45) is 17.3 Å². The minimum absolute atomic E-state index is 0.0765. The van der Waals surface area contributed by atoms with Crippen molar-refractivity contribution >= 4 is 17.7 Å². The van der Waals surface area contributed by atoms with Crippen molar-refractivity contribution in [1.82, 2.24) is 19.7 Å². The molecule has 8 rings (SSSR count). The van der Waals surface area contributed by atoms with Crippen molar-refractivity contribution in [1.29, 1.82) is 0 Å². The molecule has 1 saturated heterocycles. The van der Waals surface area contributed by atoms with Crippen LogP contribution in [-0.4, -0.2) is 64.5 Å². The van der Waals surface area contributed by atoms with Gasteiger partial charge in [0, 0.05) is 49.1 Å². The van der Waals surface area contributed by atoms with Gasteiger partial charge in [-0.3, -0.25) is 14.5 Å². The van der Waals surface area contributed by atoms with Crippen LogP contribution < -0.4 is 9.64 Å². The summed E-state index contributed by atoms with van der Waals surface area (Å²) in [4.78, 5) is 35.9. The highest BCUT2D eigenvalue weighted by Crippen LogP contribution is 2.58. The third-order valence-corrected chi connectivity index (χ3v) is 12.4. The van der Waals surface area contributed by atoms with Crippen LogP contribution in [0.1, 0.15) is 103 Å². The molecule has 0 spiro atoms. The summed E-state index contributed by atoms with van der Waals surface area (Å²) in [6.45, 7) is 12.9. The standard InChI is InChI=1S/C41H55N5O4/c1-28-24-44(25-28)38(48)50-35-10-7-30(8-11-35)37(47)45(34-20-31(21-42-23-34)32-22-43-46(26-32)39(3,4)5)27-40-13-16-41(17-14-40,18-15-40)33-9-12-36(49-6)29(2)19-33/h9,12,19-23,26,28,30,35H,7-8,10-11,13-18,24-25,27H2,1-6H3/t30-,35-,40?,41?. The third kappa shape index (κ3) is 6.76. The summed E-state index contributed by atoms with van der Waals surface area (Å²) in [5.74, 6) is 1.56. The summed E-state index contributed by atoms with van der Waals surface area (Å²) in [5.41, 5.74) is 5.59. The molecule has 5 aliphatic rings. The summed E-state index contributed by atoms with van der Waals surface area (Å²) in [6, 6.07) is 8.87. The number of likely N-dealkylation sites (tertiary alicyclic amines) is 1. The van der Waals surface area contributed by atoms with Crippen molar-refractivity contribution in [3.8, 4) is 16.9 Å². The number of aryl methyl sites for hydroxylation is 1. The van der Waals surface area contributed by atoms with Gasteiger partial charge in [0.15, 0.2) is 0 Å². The number of anilines is 1. The Morgan fingerprint density at radius 1 is 0.940 bits per heavy atom. The maximum Gasteiger partial charge on any atom is 0.410 e. The maximum absolute atomic E-state index is 14.7. The number of carbonyl (C=O) groups excluding carboxylic acids is 2. The average Bonchev–Trinajstić information content (AvgIpc) is 3.62. The molecule has 0 unspecified atom stereocenters. The first-order valence-electron chi connectivity index (χ1n) is 18.8. The number of rotatable bonds is 8. The van der Waals surface area contributed by atoms with Crippen molar-refractivity contribution in [3.63, 3.8) is 0 Å². The summed E-state index contributed by atoms with van der Waals surface area (Å²) in [5, 5.41) is 4.63. The smallest absolute Gasteiger partial charge is 0.410 e. The fraction of sp³-hybridized carbons (Fsp3) is 0.610. The highest BCUT2D eigenvalue weighted by atomic mass is 16.6. The molecule has 2 bridgehead atoms. The molecule has 0 atom stereocenters. The topological polar surface area (TPSA) is 89.8 Å². The van der Waals surface area contributed by atoms with Gasteiger partial charge in [-0.25, -0.2) is 4.79 Å². The zero-order chi connectivity index (χ0) is 35.3. The lowest BCUT2D eigenvalue weighted by Crippen LogP contribution is -2.52. The van der Waals surface area contributed by atoms with Crippen molar-refractivity contribution < 1.29 is 19.1 Å². The predicted molar refractivity (Wildman–Crippen MR) is 195 cm³/mol. The Morgan fingerprint density at radius 3 is 2.24 bits per heavy atom. The molecule has 1 aromatic carbocycles. The quantitative estimate of drug-likeness (QED) is 0.238. The summed E-state index contributed by atoms with van der Waals surface area (Å²) in [6.07, 6.45) is 17.0. The number of methoxy groups -OCH3 is 1. The number of pyridine rings is 1. The minimum Gasteiger partial charge on any atom is -0.496 e. The number of amides is 2. The molecule has 2 aromatic heterocycles. The SMILES string of the molecule is COc1ccc(C23CCC(CN(c4cncc(-c5cnn(C(C)(C)C)c5)c4)C(=O)[C@H]4CC[C@H](OC(=O)N5CC(C)C5)CC4)(CC2)CC3)cc1C. The molecule has 9 heteroatoms. The molecule has 4 saturated carbocycles. The van der Waals surface area contributed by atoms with E-state index in [9.17, 15) is 9.59 Å². The Kier molecular flexibility index (Phi) is 9.23. The normalized spacial score (nSPS) is 26.7. The van der Waals surface area contributed by atoms with E-state index in [0.29, 0.717) is 12.5 Å². The first-order chi connectivity index (χ1) is 23.9. The van der Waals surface area contributed by atoms with Gasteiger partial charge in [-0.05, 0) is 132 Å². The van der Waals surface area contributed by atoms with Gasteiger partial charge in [-0.1, -0.05) is 19.1 Å². The van der Waals surface area contributed by atoms with Gasteiger partial charge in [0.05, 0.1) is 30.7 Å². The largest absolute Gasteiger partial charge is 0.496 e. The number of hydrogen-bond donors (Lipinski definition) is 0. The fourth-order valence-electron chi connectivity index (χ4n) is 9.06. The Hall–Kier alpha value is -3.88. The second-order valence-corrected chi connectivity index (χ2v) is 17.0. The van der Waals surface area contributed by atoms with Crippen LogP contribution in [0.4, 0.5) is 10.5 Å². The molecule has 0 N–H and O–H groups in total. The lowest BCUT2D eigenvalue weighted by molar-refractivity contribution is -0.124. The monoisotopic (exact) mass is 681 g/mol. The van der Waals surface area contributed by atoms with E-state index in [2.05, 4.69) is 80.1 Å². The van der Waals surface area contributed by atoms with Crippen molar-refractivity contribution in [2.45, 2.75) is 116 Å². The number of benzene rings is 1. The van der Waals surface area contributed by atoms with E-state index >= 15 is 0 Å². The predicted octanol–water partition coefficient (Wildman–Crippen LogP) is 8.29. The zero-order valence-electron chi connectivity index (χ0n) is 30.9. The molecular formula is C41H55N5O4. The Balaban J connectivity index is 1.10. The molecule has 268 valence electrons. The van der Waals surface area contributed by atoms with Crippen LogP contribution in [0.2, 0.25) is 0 Å². The van der Waals surface area contributed by atoms with Crippen molar-refractivity contribution in [2.75, 3.05) is 31.6 Å². The van der Waals surface area contributed by atoms with Gasteiger partial charge in [-0.15, -0.1) is 0 Å². The molecule has 9 nitrogen and oxygen atoms in total. The molecule has 4 aliphatic carbocycles. The summed E-state index contributed by atoms with van der Waals surface area (Å²) >= 11 is 0. The van der Waals surface area contributed by atoms with E-state index in [4.69, 9.17) is 9.47 Å². The van der Waals surface area contributed by atoms with Crippen molar-refractivity contribution in [3.05, 3.63) is 60.2 Å². The van der Waals surface area contributed by atoms with Crippen LogP contribution in [-0.2, 0) is 20.5 Å². The number of hydrogen-bond acceptors (Lipinski definition) is 6. The number of ether oxygens (including phenoxy) is 2. The first-order valence-corrected chi connectivity index (χ1v) is 18.8. The minimum atomic E-state index is -0.202. The van der Waals surface area contributed by atoms with Gasteiger partial charge < -0.3 is 19.3 Å². The van der Waals surface area contributed by atoms with E-state index in [0.717, 1.165) is 99.9 Å². The van der Waals surface area contributed by atoms with Gasteiger partial charge in [0.25, 0.3) is 0 Å². The molecule has 5 fully saturated rings. The van der Waals surface area contributed by atoms with Gasteiger partial charge >= 0.3 is 6.09 Å². The van der Waals surface area contributed by atoms with E-state index in [1.807, 2.05) is 23.3 Å². The van der Waals surface area contributed by atoms with Crippen LogP contribution in [0.15, 0.2) is 49.1 Å². The second-order valence-electron chi connectivity index (χ2n) is 17.0. The maximum atomic E-state index is 14.7. The van der Waals surface area contributed by atoms with Gasteiger partial charge in [-0.2, -0.15) is 5.10 Å². The van der Waals surface area contributed by atoms with Crippen LogP contribution in [0, 0.1) is 24.2 Å². The van der Waals surface area contributed by atoms with E-state index in [-0.39, 0.29) is 40.4 Å². The lowest BCUT2D eigenvalue weighted by Gasteiger charge is -2.55. The lowest BCUT2D eigenvalue weighted by atomic mass is 9.51. The molecule has 0 radical (unpaired) electrons. The van der Waals surface area contributed by atoms with E-state index in [1.54, 1.807) is 12.0 Å². The third-order valence-electron chi connectivity index (χ3n) is 12.4. The van der Waals surface area contributed by atoms with Crippen LogP contribution in [0.5, 0.6) is 5.75 Å². The molecular weight excluding hydrogens is 626 g/mol. The van der Waals surface area contributed by atoms with Crippen LogP contribution in [0.25, 0.3) is 11.1 Å². The number of aromatic nitrogens is 3. The molecule has 3 heterocycles. The second kappa shape index (κ2) is 13.3. The average molecular weight is 682 g/mol.